The molecule has 0 N–H and O–H groups in total. The number of thiophene rings is 3. The number of benzene rings is 23. The summed E-state index contributed by atoms with van der Waals surface area (Å²) in [5, 5.41) is 22.5. The van der Waals surface area contributed by atoms with Gasteiger partial charge in [-0.05, 0) is 209 Å². The molecule has 0 aliphatic rings. The van der Waals surface area contributed by atoms with E-state index >= 15 is 0 Å². The van der Waals surface area contributed by atoms with Crippen LogP contribution in [0.5, 0.6) is 0 Å². The van der Waals surface area contributed by atoms with Crippen molar-refractivity contribution in [3.8, 4) is 141 Å². The van der Waals surface area contributed by atoms with Crippen molar-refractivity contribution in [1.82, 2.24) is 48.6 Å². The Hall–Kier alpha value is -19.2. The van der Waals surface area contributed by atoms with Crippen LogP contribution in [0.3, 0.4) is 0 Å². The lowest BCUT2D eigenvalue weighted by Crippen LogP contribution is -2.06. The zero-order chi connectivity index (χ0) is 98.5. The average Bonchev–Trinajstić information content (AvgIpc) is 1.56. The third-order valence-corrected chi connectivity index (χ3v) is 33.2. The van der Waals surface area contributed by atoms with Gasteiger partial charge in [0.15, 0.2) is 11.6 Å². The van der Waals surface area contributed by atoms with E-state index in [0.29, 0.717) is 29.5 Å². The van der Waals surface area contributed by atoms with Gasteiger partial charge >= 0.3 is 0 Å². The maximum atomic E-state index is 5.42. The van der Waals surface area contributed by atoms with Crippen molar-refractivity contribution in [2.24, 2.45) is 0 Å². The molecule has 9 aromatic heterocycles. The number of hydrogen-bond donors (Lipinski definition) is 0. The standard InChI is InChI=1S/C54H33N3S.C42H25N3S.C41H24N4S/c1-3-10-34(11-4-1)36-18-22-38(23-19-36)46-33-47(39-24-20-37(21-25-39)35-12-5-2-6-13-35)56-54(55-46)57-48-16-9-14-40-26-27-42-30-43(32-49(57)53(42)52(40)48)41-28-29-51-45(31-41)44-15-7-8-17-50(44)58-51;1-3-10-26(11-4-1)34-25-35(27-12-5-2-6-13-27)44-42(43-34)45-36-16-9-14-28-18-19-30-22-31(24-37(45)41(30)40(28)36)29-20-21-39-33(23-29)32-15-7-8-17-38(32)46-39;1-3-10-26(11-4-1)39-42-40(27-12-5-2-6-13-27)44-41(43-39)45-33-16-9-14-25-18-19-29-22-30(24-34(45)38(29)37(25)33)28-20-21-36-32(23-28)31-15-7-8-17-35(31)46-36/h1-33H;1-25H;1-24H. The van der Waals surface area contributed by atoms with Crippen LogP contribution >= 0.6 is 34.0 Å². The quantitative estimate of drug-likeness (QED) is 0.0999. The van der Waals surface area contributed by atoms with E-state index in [1.807, 2.05) is 82.5 Å². The first-order valence-corrected chi connectivity index (χ1v) is 53.0. The van der Waals surface area contributed by atoms with E-state index in [-0.39, 0.29) is 0 Å². The molecule has 0 amide bonds. The zero-order valence-electron chi connectivity index (χ0n) is 80.5. The smallest absolute Gasteiger partial charge is 0.238 e. The van der Waals surface area contributed by atoms with Crippen molar-refractivity contribution in [3.63, 3.8) is 0 Å². The number of rotatable bonds is 14. The molecular formula is C137H82N10S3. The fourth-order valence-corrected chi connectivity index (χ4v) is 25.9. The van der Waals surface area contributed by atoms with E-state index < -0.39 is 0 Å². The van der Waals surface area contributed by atoms with Crippen LogP contribution in [0.2, 0.25) is 0 Å². The summed E-state index contributed by atoms with van der Waals surface area (Å²) in [4.78, 5) is 36.6. The SMILES string of the molecule is c1ccc(-c2cc(-c3ccccc3)nc(-n3c4cccc5ccc6cc(-c7ccc8sc9ccccc9c8c7)cc3c6c54)n2)cc1.c1ccc(-c2ccc(-c3cc(-c4ccc(-c5ccccc5)cc4)nc(-n4c5cccc6ccc7cc(-c8ccc9sc%10ccccc%10c9c8)cc4c7c65)n3)cc2)cc1.c1ccc(-c2nc(-c3ccccc3)nc(-n3c4cccc5ccc6cc(-c7ccc8sc9ccccc9c8c7)cc3c6c54)n2)cc1. The molecule has 23 aromatic carbocycles. The number of hydrogen-bond acceptors (Lipinski definition) is 10. The van der Waals surface area contributed by atoms with Gasteiger partial charge in [0.1, 0.15) is 0 Å². The van der Waals surface area contributed by atoms with Gasteiger partial charge < -0.3 is 0 Å². The summed E-state index contributed by atoms with van der Waals surface area (Å²) in [7, 11) is 0. The molecule has 0 aliphatic carbocycles. The third-order valence-electron chi connectivity index (χ3n) is 29.8. The Labute approximate surface area is 872 Å². The van der Waals surface area contributed by atoms with Crippen LogP contribution in [0.15, 0.2) is 497 Å². The Balaban J connectivity index is 0.000000104. The molecule has 10 nitrogen and oxygen atoms in total. The molecular weight excluding hydrogens is 1880 g/mol. The van der Waals surface area contributed by atoms with Crippen LogP contribution in [-0.4, -0.2) is 48.6 Å². The highest BCUT2D eigenvalue weighted by atomic mass is 32.1. The van der Waals surface area contributed by atoms with E-state index in [1.165, 1.54) is 175 Å². The first-order valence-electron chi connectivity index (χ1n) is 50.5. The highest BCUT2D eigenvalue weighted by Gasteiger charge is 2.28. The molecule has 0 bridgehead atoms. The van der Waals surface area contributed by atoms with Crippen LogP contribution in [0.25, 0.3) is 300 Å². The molecule has 0 fully saturated rings. The summed E-state index contributed by atoms with van der Waals surface area (Å²) in [5.74, 6) is 3.22. The predicted octanol–water partition coefficient (Wildman–Crippen LogP) is 37.3. The van der Waals surface area contributed by atoms with E-state index in [0.717, 1.165) is 94.8 Å². The molecule has 150 heavy (non-hydrogen) atoms. The molecule has 0 aliphatic heterocycles. The van der Waals surface area contributed by atoms with Gasteiger partial charge in [0.25, 0.3) is 0 Å². The normalized spacial score (nSPS) is 11.9. The molecule has 0 saturated heterocycles. The lowest BCUT2D eigenvalue weighted by molar-refractivity contribution is 0.954. The molecule has 0 atom stereocenters. The molecule has 32 rings (SSSR count). The molecule has 0 unspecified atom stereocenters. The fourth-order valence-electron chi connectivity index (χ4n) is 22.6. The molecule has 0 spiro atoms. The molecule has 13 heteroatoms. The minimum Gasteiger partial charge on any atom is -0.278 e. The van der Waals surface area contributed by atoms with Crippen molar-refractivity contribution in [1.29, 1.82) is 0 Å². The molecule has 0 saturated carbocycles. The molecule has 0 radical (unpaired) electrons. The van der Waals surface area contributed by atoms with Crippen molar-refractivity contribution < 1.29 is 0 Å². The summed E-state index contributed by atoms with van der Waals surface area (Å²) < 4.78 is 14.7. The second-order valence-electron chi connectivity index (χ2n) is 38.5. The van der Waals surface area contributed by atoms with Gasteiger partial charge in [0.05, 0.1) is 55.9 Å². The van der Waals surface area contributed by atoms with Crippen LogP contribution < -0.4 is 0 Å². The summed E-state index contributed by atoms with van der Waals surface area (Å²) in [6, 6.07) is 178. The van der Waals surface area contributed by atoms with Gasteiger partial charge in [-0.2, -0.15) is 9.97 Å². The van der Waals surface area contributed by atoms with Crippen LogP contribution in [0.4, 0.5) is 0 Å². The number of fused-ring (bicyclic) bond motifs is 9. The second kappa shape index (κ2) is 35.4. The van der Waals surface area contributed by atoms with E-state index in [9.17, 15) is 0 Å². The summed E-state index contributed by atoms with van der Waals surface area (Å²) in [6.07, 6.45) is 0. The van der Waals surface area contributed by atoms with E-state index in [1.54, 1.807) is 0 Å². The summed E-state index contributed by atoms with van der Waals surface area (Å²) in [5.41, 5.74) is 28.0. The maximum Gasteiger partial charge on any atom is 0.238 e. The summed E-state index contributed by atoms with van der Waals surface area (Å²) >= 11 is 5.55. The van der Waals surface area contributed by atoms with Crippen molar-refractivity contribution in [3.05, 3.63) is 497 Å². The minimum absolute atomic E-state index is 0.606. The minimum atomic E-state index is 0.606. The van der Waals surface area contributed by atoms with Gasteiger partial charge in [0, 0.05) is 126 Å². The van der Waals surface area contributed by atoms with Crippen LogP contribution in [0, 0.1) is 0 Å². The van der Waals surface area contributed by atoms with Gasteiger partial charge in [-0.15, -0.1) is 34.0 Å². The van der Waals surface area contributed by atoms with Gasteiger partial charge in [0.2, 0.25) is 17.8 Å². The largest absolute Gasteiger partial charge is 0.278 e. The van der Waals surface area contributed by atoms with E-state index in [4.69, 9.17) is 34.9 Å². The summed E-state index contributed by atoms with van der Waals surface area (Å²) in [6.45, 7) is 0. The first kappa shape index (κ1) is 86.3. The highest BCUT2D eigenvalue weighted by molar-refractivity contribution is 7.26. The molecule has 698 valence electrons. The zero-order valence-corrected chi connectivity index (χ0v) is 83.0. The van der Waals surface area contributed by atoms with Crippen LogP contribution in [0.1, 0.15) is 0 Å². The Morgan fingerprint density at radius 1 is 0.133 bits per heavy atom. The van der Waals surface area contributed by atoms with Crippen molar-refractivity contribution >= 4 is 192 Å². The lowest BCUT2D eigenvalue weighted by atomic mass is 9.96. The Morgan fingerprint density at radius 3 is 0.693 bits per heavy atom. The Morgan fingerprint density at radius 2 is 0.373 bits per heavy atom. The Bertz CT molecular complexity index is 10300. The van der Waals surface area contributed by atoms with Gasteiger partial charge in [-0.3, -0.25) is 13.7 Å². The van der Waals surface area contributed by atoms with Crippen molar-refractivity contribution in [2.75, 3.05) is 0 Å². The average molecular weight is 1960 g/mol. The van der Waals surface area contributed by atoms with Gasteiger partial charge in [-0.25, -0.2) is 24.9 Å². The monoisotopic (exact) mass is 1960 g/mol. The highest BCUT2D eigenvalue weighted by Crippen LogP contribution is 2.50. The second-order valence-corrected chi connectivity index (χ2v) is 41.8. The third kappa shape index (κ3) is 14.8. The number of aromatic nitrogens is 10. The molecule has 32 aromatic rings. The lowest BCUT2D eigenvalue weighted by Gasteiger charge is -2.13. The molecule has 9 heterocycles. The fraction of sp³-hybridized carbons (Fsp3) is 0. The number of nitrogens with zero attached hydrogens (tertiary/aromatic N) is 10. The maximum absolute atomic E-state index is 5.42. The first-order chi connectivity index (χ1) is 74.3. The van der Waals surface area contributed by atoms with Crippen molar-refractivity contribution in [2.45, 2.75) is 0 Å². The Kier molecular flexibility index (Phi) is 20.4. The van der Waals surface area contributed by atoms with Gasteiger partial charge in [-0.1, -0.05) is 376 Å². The predicted molar refractivity (Wildman–Crippen MR) is 631 cm³/mol. The van der Waals surface area contributed by atoms with Crippen LogP contribution in [-0.2, 0) is 0 Å². The van der Waals surface area contributed by atoms with E-state index in [2.05, 4.69) is 463 Å². The topological polar surface area (TPSA) is 105 Å².